The molecule has 0 amide bonds. The number of hydrogen-bond acceptors (Lipinski definition) is 5. The van der Waals surface area contributed by atoms with Gasteiger partial charge in [-0.3, -0.25) is 0 Å². The van der Waals surface area contributed by atoms with E-state index in [9.17, 15) is 0 Å². The van der Waals surface area contributed by atoms with E-state index in [2.05, 4.69) is 15.3 Å². The number of benzene rings is 2. The summed E-state index contributed by atoms with van der Waals surface area (Å²) >= 11 is 7.46. The molecule has 2 aromatic heterocycles. The van der Waals surface area contributed by atoms with E-state index < -0.39 is 0 Å². The maximum atomic E-state index is 5.93. The summed E-state index contributed by atoms with van der Waals surface area (Å²) in [6.07, 6.45) is 0.733. The summed E-state index contributed by atoms with van der Waals surface area (Å²) < 4.78 is 7.19. The molecule has 24 heavy (non-hydrogen) atoms. The molecule has 5 nitrogen and oxygen atoms in total. The first-order valence-electron chi connectivity index (χ1n) is 7.33. The van der Waals surface area contributed by atoms with E-state index in [0.29, 0.717) is 5.82 Å². The Hall–Kier alpha value is -2.44. The number of para-hydroxylation sites is 1. The average Bonchev–Trinajstić information content (AvgIpc) is 3.17. The van der Waals surface area contributed by atoms with Crippen LogP contribution in [0.5, 0.6) is 5.75 Å². The van der Waals surface area contributed by atoms with Crippen molar-refractivity contribution in [3.63, 3.8) is 0 Å². The van der Waals surface area contributed by atoms with Crippen molar-refractivity contribution in [2.45, 2.75) is 6.42 Å². The Morgan fingerprint density at radius 1 is 1.08 bits per heavy atom. The number of ether oxygens (including phenoxy) is 1. The van der Waals surface area contributed by atoms with Crippen molar-refractivity contribution in [2.24, 2.45) is 0 Å². The minimum atomic E-state index is 0.682. The summed E-state index contributed by atoms with van der Waals surface area (Å²) in [4.78, 5) is 0.764. The molecular formula is C17H13ClN4OS. The van der Waals surface area contributed by atoms with Crippen LogP contribution in [0.2, 0.25) is 5.02 Å². The van der Waals surface area contributed by atoms with E-state index in [1.165, 1.54) is 11.3 Å². The fraction of sp³-hybridized carbons (Fsp3) is 0.118. The topological polar surface area (TPSA) is 52.3 Å². The smallest absolute Gasteiger partial charge is 0.234 e. The van der Waals surface area contributed by atoms with Crippen molar-refractivity contribution in [3.05, 3.63) is 64.1 Å². The van der Waals surface area contributed by atoms with Crippen LogP contribution in [0.15, 0.2) is 48.5 Å². The quantitative estimate of drug-likeness (QED) is 0.552. The second-order valence-corrected chi connectivity index (χ2v) is 6.69. The third-order valence-corrected chi connectivity index (χ3v) is 4.80. The Morgan fingerprint density at radius 2 is 1.88 bits per heavy atom. The highest BCUT2D eigenvalue weighted by Crippen LogP contribution is 2.29. The normalized spacial score (nSPS) is 11.1. The lowest BCUT2D eigenvalue weighted by Gasteiger charge is -2.04. The van der Waals surface area contributed by atoms with Crippen LogP contribution in [-0.2, 0) is 6.42 Å². The van der Waals surface area contributed by atoms with Gasteiger partial charge in [0, 0.05) is 11.4 Å². The van der Waals surface area contributed by atoms with Crippen LogP contribution in [-0.4, -0.2) is 26.9 Å². The first-order chi connectivity index (χ1) is 11.7. The van der Waals surface area contributed by atoms with Gasteiger partial charge in [0.05, 0.1) is 12.7 Å². The van der Waals surface area contributed by atoms with Gasteiger partial charge >= 0.3 is 0 Å². The Bertz CT molecular complexity index is 993. The highest BCUT2D eigenvalue weighted by molar-refractivity contribution is 7.16. The molecule has 0 saturated heterocycles. The zero-order chi connectivity index (χ0) is 16.5. The van der Waals surface area contributed by atoms with Crippen molar-refractivity contribution in [2.75, 3.05) is 7.11 Å². The van der Waals surface area contributed by atoms with E-state index in [1.807, 2.05) is 48.5 Å². The summed E-state index contributed by atoms with van der Waals surface area (Å²) in [6.45, 7) is 0. The molecule has 4 aromatic rings. The molecule has 0 saturated carbocycles. The Kier molecular flexibility index (Phi) is 3.92. The maximum absolute atomic E-state index is 5.93. The van der Waals surface area contributed by atoms with Crippen LogP contribution >= 0.6 is 22.9 Å². The third-order valence-electron chi connectivity index (χ3n) is 3.65. The fourth-order valence-electron chi connectivity index (χ4n) is 2.50. The van der Waals surface area contributed by atoms with Gasteiger partial charge in [-0.1, -0.05) is 47.2 Å². The van der Waals surface area contributed by atoms with E-state index in [4.69, 9.17) is 16.3 Å². The van der Waals surface area contributed by atoms with E-state index >= 15 is 0 Å². The maximum Gasteiger partial charge on any atom is 0.234 e. The molecule has 4 rings (SSSR count). The Balaban J connectivity index is 1.72. The standard InChI is InChI=1S/C17H13ClN4OS/c1-23-14-5-3-2-4-13(14)16-19-20-17-22(16)21-15(24-17)10-11-6-8-12(18)9-7-11/h2-9H,10H2,1H3. The summed E-state index contributed by atoms with van der Waals surface area (Å²) in [5.41, 5.74) is 2.03. The molecule has 0 aliphatic rings. The van der Waals surface area contributed by atoms with Gasteiger partial charge in [0.25, 0.3) is 0 Å². The lowest BCUT2D eigenvalue weighted by molar-refractivity contribution is 0.416. The average molecular weight is 357 g/mol. The molecule has 0 unspecified atom stereocenters. The first-order valence-corrected chi connectivity index (χ1v) is 8.53. The van der Waals surface area contributed by atoms with Gasteiger partial charge in [0.2, 0.25) is 4.96 Å². The molecule has 0 N–H and O–H groups in total. The van der Waals surface area contributed by atoms with Gasteiger partial charge in [-0.15, -0.1) is 10.2 Å². The highest BCUT2D eigenvalue weighted by Gasteiger charge is 2.16. The number of hydrogen-bond donors (Lipinski definition) is 0. The van der Waals surface area contributed by atoms with Crippen molar-refractivity contribution in [1.29, 1.82) is 0 Å². The monoisotopic (exact) mass is 356 g/mol. The third kappa shape index (κ3) is 2.74. The van der Waals surface area contributed by atoms with Gasteiger partial charge in [-0.05, 0) is 29.8 Å². The predicted octanol–water partition coefficient (Wildman–Crippen LogP) is 4.11. The van der Waals surface area contributed by atoms with Crippen LogP contribution in [0.1, 0.15) is 10.6 Å². The first kappa shape index (κ1) is 15.1. The van der Waals surface area contributed by atoms with Gasteiger partial charge in [0.1, 0.15) is 10.8 Å². The minimum absolute atomic E-state index is 0.682. The van der Waals surface area contributed by atoms with Crippen LogP contribution in [0.3, 0.4) is 0 Å². The van der Waals surface area contributed by atoms with Crippen molar-refractivity contribution < 1.29 is 4.74 Å². The van der Waals surface area contributed by atoms with Gasteiger partial charge in [-0.25, -0.2) is 0 Å². The number of aromatic nitrogens is 4. The van der Waals surface area contributed by atoms with Crippen LogP contribution < -0.4 is 4.74 Å². The molecule has 2 heterocycles. The molecular weight excluding hydrogens is 344 g/mol. The zero-order valence-electron chi connectivity index (χ0n) is 12.8. The second kappa shape index (κ2) is 6.22. The molecule has 120 valence electrons. The number of rotatable bonds is 4. The van der Waals surface area contributed by atoms with E-state index in [1.54, 1.807) is 11.6 Å². The molecule has 0 aliphatic heterocycles. The Morgan fingerprint density at radius 3 is 2.67 bits per heavy atom. The molecule has 0 spiro atoms. The number of methoxy groups -OCH3 is 1. The van der Waals surface area contributed by atoms with Gasteiger partial charge in [-0.2, -0.15) is 9.61 Å². The van der Waals surface area contributed by atoms with Gasteiger partial charge < -0.3 is 4.74 Å². The molecule has 7 heteroatoms. The highest BCUT2D eigenvalue weighted by atomic mass is 35.5. The number of fused-ring (bicyclic) bond motifs is 1. The minimum Gasteiger partial charge on any atom is -0.496 e. The van der Waals surface area contributed by atoms with Crippen molar-refractivity contribution >= 4 is 27.9 Å². The molecule has 0 bridgehead atoms. The number of halogens is 1. The molecule has 2 aromatic carbocycles. The fourth-order valence-corrected chi connectivity index (χ4v) is 3.50. The SMILES string of the molecule is COc1ccccc1-c1nnc2sc(Cc3ccc(Cl)cc3)nn12. The molecule has 0 radical (unpaired) electrons. The van der Waals surface area contributed by atoms with E-state index in [0.717, 1.165) is 38.3 Å². The molecule has 0 fully saturated rings. The van der Waals surface area contributed by atoms with Crippen LogP contribution in [0.4, 0.5) is 0 Å². The second-order valence-electron chi connectivity index (χ2n) is 5.22. The van der Waals surface area contributed by atoms with E-state index in [-0.39, 0.29) is 0 Å². The molecule has 0 atom stereocenters. The van der Waals surface area contributed by atoms with Crippen LogP contribution in [0, 0.1) is 0 Å². The largest absolute Gasteiger partial charge is 0.496 e. The number of nitrogens with zero attached hydrogens (tertiary/aromatic N) is 4. The van der Waals surface area contributed by atoms with Gasteiger partial charge in [0.15, 0.2) is 5.82 Å². The van der Waals surface area contributed by atoms with Crippen LogP contribution in [0.25, 0.3) is 16.3 Å². The molecule has 0 aliphatic carbocycles. The lowest BCUT2D eigenvalue weighted by Crippen LogP contribution is -1.95. The van der Waals surface area contributed by atoms with Crippen molar-refractivity contribution in [3.8, 4) is 17.1 Å². The summed E-state index contributed by atoms with van der Waals surface area (Å²) in [5, 5.41) is 14.9. The predicted molar refractivity (Wildman–Crippen MR) is 94.9 cm³/mol. The summed E-state index contributed by atoms with van der Waals surface area (Å²) in [6, 6.07) is 15.5. The lowest BCUT2D eigenvalue weighted by atomic mass is 10.2. The Labute approximate surface area is 147 Å². The van der Waals surface area contributed by atoms with Crippen molar-refractivity contribution in [1.82, 2.24) is 19.8 Å². The summed E-state index contributed by atoms with van der Waals surface area (Å²) in [7, 11) is 1.64. The zero-order valence-corrected chi connectivity index (χ0v) is 14.4. The summed E-state index contributed by atoms with van der Waals surface area (Å²) in [5.74, 6) is 1.43.